The van der Waals surface area contributed by atoms with Gasteiger partial charge in [-0.1, -0.05) is 43.3 Å². The standard InChI is InChI=1S/C22H22N2O2S/c1-3-16-5-10-18(11-6-16)20-15-27-22(23-20)24-21(25)14-9-17-7-12-19(13-8-17)26-4-2/h5-15H,3-4H2,1-2H3,(H,23,24,25)/b14-9+. The Morgan fingerprint density at radius 3 is 2.52 bits per heavy atom. The Labute approximate surface area is 163 Å². The molecule has 1 aromatic heterocycles. The van der Waals surface area contributed by atoms with Crippen molar-refractivity contribution in [1.29, 1.82) is 0 Å². The van der Waals surface area contributed by atoms with Gasteiger partial charge >= 0.3 is 0 Å². The molecule has 5 heteroatoms. The van der Waals surface area contributed by atoms with Crippen molar-refractivity contribution < 1.29 is 9.53 Å². The molecule has 0 atom stereocenters. The summed E-state index contributed by atoms with van der Waals surface area (Å²) in [7, 11) is 0. The van der Waals surface area contributed by atoms with E-state index < -0.39 is 0 Å². The molecule has 0 bridgehead atoms. The van der Waals surface area contributed by atoms with Gasteiger partial charge in [0.25, 0.3) is 0 Å². The minimum atomic E-state index is -0.203. The van der Waals surface area contributed by atoms with E-state index in [1.807, 2.05) is 36.6 Å². The Kier molecular flexibility index (Phi) is 6.39. The van der Waals surface area contributed by atoms with Gasteiger partial charge in [-0.2, -0.15) is 0 Å². The number of amides is 1. The van der Waals surface area contributed by atoms with Gasteiger partial charge in [0.2, 0.25) is 5.91 Å². The minimum Gasteiger partial charge on any atom is -0.494 e. The molecule has 27 heavy (non-hydrogen) atoms. The summed E-state index contributed by atoms with van der Waals surface area (Å²) in [4.78, 5) is 16.6. The van der Waals surface area contributed by atoms with Crippen LogP contribution in [0.4, 0.5) is 5.13 Å². The van der Waals surface area contributed by atoms with Gasteiger partial charge in [0, 0.05) is 17.0 Å². The second-order valence-electron chi connectivity index (χ2n) is 5.91. The van der Waals surface area contributed by atoms with Gasteiger partial charge in [-0.25, -0.2) is 4.98 Å². The molecule has 138 valence electrons. The van der Waals surface area contributed by atoms with Gasteiger partial charge in [-0.05, 0) is 42.7 Å². The highest BCUT2D eigenvalue weighted by Crippen LogP contribution is 2.25. The van der Waals surface area contributed by atoms with Crippen LogP contribution in [0.3, 0.4) is 0 Å². The zero-order chi connectivity index (χ0) is 19.1. The predicted octanol–water partition coefficient (Wildman–Crippen LogP) is 5.42. The summed E-state index contributed by atoms with van der Waals surface area (Å²) in [6, 6.07) is 15.9. The number of nitrogens with one attached hydrogen (secondary N) is 1. The van der Waals surface area contributed by atoms with E-state index in [0.29, 0.717) is 11.7 Å². The Morgan fingerprint density at radius 2 is 1.85 bits per heavy atom. The maximum atomic E-state index is 12.1. The Bertz CT molecular complexity index is 912. The number of nitrogens with zero attached hydrogens (tertiary/aromatic N) is 1. The number of aryl methyl sites for hydroxylation is 1. The molecule has 1 amide bonds. The monoisotopic (exact) mass is 378 g/mol. The molecule has 1 N–H and O–H groups in total. The number of thiazole rings is 1. The zero-order valence-corrected chi connectivity index (χ0v) is 16.3. The second-order valence-corrected chi connectivity index (χ2v) is 6.77. The molecule has 0 aliphatic carbocycles. The molecule has 2 aromatic carbocycles. The van der Waals surface area contributed by atoms with Crippen LogP contribution in [0.5, 0.6) is 5.75 Å². The fourth-order valence-corrected chi connectivity index (χ4v) is 3.26. The number of rotatable bonds is 7. The van der Waals surface area contributed by atoms with Crippen molar-refractivity contribution in [2.45, 2.75) is 20.3 Å². The Morgan fingerprint density at radius 1 is 1.11 bits per heavy atom. The normalized spacial score (nSPS) is 10.9. The van der Waals surface area contributed by atoms with E-state index in [9.17, 15) is 4.79 Å². The Balaban J connectivity index is 1.60. The molecule has 0 saturated carbocycles. The third-order valence-corrected chi connectivity index (χ3v) is 4.77. The lowest BCUT2D eigenvalue weighted by atomic mass is 10.1. The lowest BCUT2D eigenvalue weighted by molar-refractivity contribution is -0.111. The first-order valence-electron chi connectivity index (χ1n) is 8.94. The van der Waals surface area contributed by atoms with Crippen molar-refractivity contribution in [1.82, 2.24) is 4.98 Å². The van der Waals surface area contributed by atoms with Crippen LogP contribution in [0.15, 0.2) is 60.0 Å². The van der Waals surface area contributed by atoms with Gasteiger partial charge in [0.05, 0.1) is 12.3 Å². The number of carbonyl (C=O) groups is 1. The minimum absolute atomic E-state index is 0.203. The topological polar surface area (TPSA) is 51.2 Å². The number of ether oxygens (including phenoxy) is 1. The fraction of sp³-hybridized carbons (Fsp3) is 0.182. The van der Waals surface area contributed by atoms with Crippen LogP contribution in [0.1, 0.15) is 25.0 Å². The number of carbonyl (C=O) groups excluding carboxylic acids is 1. The number of hydrogen-bond donors (Lipinski definition) is 1. The molecule has 0 aliphatic heterocycles. The number of benzene rings is 2. The van der Waals surface area contributed by atoms with Gasteiger partial charge in [-0.15, -0.1) is 11.3 Å². The maximum Gasteiger partial charge on any atom is 0.250 e. The van der Waals surface area contributed by atoms with E-state index in [-0.39, 0.29) is 5.91 Å². The van der Waals surface area contributed by atoms with Crippen LogP contribution in [0.2, 0.25) is 0 Å². The highest BCUT2D eigenvalue weighted by atomic mass is 32.1. The van der Waals surface area contributed by atoms with Crippen molar-refractivity contribution in [2.75, 3.05) is 11.9 Å². The van der Waals surface area contributed by atoms with Crippen LogP contribution >= 0.6 is 11.3 Å². The van der Waals surface area contributed by atoms with Crippen molar-refractivity contribution in [3.8, 4) is 17.0 Å². The quantitative estimate of drug-likeness (QED) is 0.558. The highest BCUT2D eigenvalue weighted by molar-refractivity contribution is 7.14. The molecule has 0 fully saturated rings. The molecule has 3 rings (SSSR count). The molecule has 0 aliphatic rings. The fourth-order valence-electron chi connectivity index (χ4n) is 2.54. The Hall–Kier alpha value is -2.92. The first kappa shape index (κ1) is 18.9. The number of aromatic nitrogens is 1. The van der Waals surface area contributed by atoms with Crippen LogP contribution < -0.4 is 10.1 Å². The summed E-state index contributed by atoms with van der Waals surface area (Å²) in [5.41, 5.74) is 4.15. The lowest BCUT2D eigenvalue weighted by Gasteiger charge is -2.02. The van der Waals surface area contributed by atoms with Crippen LogP contribution in [0.25, 0.3) is 17.3 Å². The highest BCUT2D eigenvalue weighted by Gasteiger charge is 2.06. The summed E-state index contributed by atoms with van der Waals surface area (Å²) >= 11 is 1.42. The van der Waals surface area contributed by atoms with Gasteiger partial charge < -0.3 is 4.74 Å². The molecule has 0 saturated heterocycles. The van der Waals surface area contributed by atoms with Gasteiger partial charge in [0.15, 0.2) is 5.13 Å². The molecule has 0 unspecified atom stereocenters. The van der Waals surface area contributed by atoms with Crippen molar-refractivity contribution in [2.24, 2.45) is 0 Å². The van der Waals surface area contributed by atoms with E-state index in [0.717, 1.165) is 29.0 Å². The van der Waals surface area contributed by atoms with Crippen LogP contribution in [-0.4, -0.2) is 17.5 Å². The maximum absolute atomic E-state index is 12.1. The molecular formula is C22H22N2O2S. The summed E-state index contributed by atoms with van der Waals surface area (Å²) in [5, 5.41) is 5.35. The van der Waals surface area contributed by atoms with E-state index in [1.54, 1.807) is 6.08 Å². The van der Waals surface area contributed by atoms with Crippen molar-refractivity contribution >= 4 is 28.5 Å². The molecular weight excluding hydrogens is 356 g/mol. The van der Waals surface area contributed by atoms with Crippen LogP contribution in [-0.2, 0) is 11.2 Å². The zero-order valence-electron chi connectivity index (χ0n) is 15.4. The third-order valence-electron chi connectivity index (χ3n) is 4.01. The summed E-state index contributed by atoms with van der Waals surface area (Å²) in [6.07, 6.45) is 4.29. The lowest BCUT2D eigenvalue weighted by Crippen LogP contribution is -2.07. The first-order valence-corrected chi connectivity index (χ1v) is 9.82. The molecule has 0 spiro atoms. The molecule has 1 heterocycles. The van der Waals surface area contributed by atoms with E-state index in [4.69, 9.17) is 4.74 Å². The molecule has 0 radical (unpaired) electrons. The van der Waals surface area contributed by atoms with Gasteiger partial charge in [0.1, 0.15) is 5.75 Å². The second kappa shape index (κ2) is 9.14. The van der Waals surface area contributed by atoms with E-state index in [1.165, 1.54) is 23.0 Å². The summed E-state index contributed by atoms with van der Waals surface area (Å²) in [6.45, 7) is 4.71. The van der Waals surface area contributed by atoms with Gasteiger partial charge in [-0.3, -0.25) is 10.1 Å². The SMILES string of the molecule is CCOc1ccc(/C=C/C(=O)Nc2nc(-c3ccc(CC)cc3)cs2)cc1. The smallest absolute Gasteiger partial charge is 0.250 e. The van der Waals surface area contributed by atoms with Crippen LogP contribution in [0, 0.1) is 0 Å². The first-order chi connectivity index (χ1) is 13.2. The predicted molar refractivity (Wildman–Crippen MR) is 112 cm³/mol. The van der Waals surface area contributed by atoms with E-state index >= 15 is 0 Å². The molecule has 4 nitrogen and oxygen atoms in total. The van der Waals surface area contributed by atoms with E-state index in [2.05, 4.69) is 41.5 Å². The largest absolute Gasteiger partial charge is 0.494 e. The molecule has 3 aromatic rings. The average Bonchev–Trinajstić information content (AvgIpc) is 3.16. The van der Waals surface area contributed by atoms with Crippen molar-refractivity contribution in [3.63, 3.8) is 0 Å². The number of hydrogen-bond acceptors (Lipinski definition) is 4. The average molecular weight is 378 g/mol. The summed E-state index contributed by atoms with van der Waals surface area (Å²) in [5.74, 6) is 0.618. The third kappa shape index (κ3) is 5.28. The number of anilines is 1. The summed E-state index contributed by atoms with van der Waals surface area (Å²) < 4.78 is 5.41. The van der Waals surface area contributed by atoms with Crippen molar-refractivity contribution in [3.05, 3.63) is 71.1 Å².